The Hall–Kier alpha value is -3.71. The lowest BCUT2D eigenvalue weighted by Crippen LogP contribution is -2.33. The number of piperidine rings is 1. The third-order valence-corrected chi connectivity index (χ3v) is 8.32. The predicted molar refractivity (Wildman–Crippen MR) is 149 cm³/mol. The molecule has 2 fully saturated rings. The number of hydrogen-bond donors (Lipinski definition) is 0. The summed E-state index contributed by atoms with van der Waals surface area (Å²) in [6.07, 6.45) is 2.47. The van der Waals surface area contributed by atoms with Gasteiger partial charge in [-0.25, -0.2) is 0 Å². The summed E-state index contributed by atoms with van der Waals surface area (Å²) in [5.41, 5.74) is 0.749. The van der Waals surface area contributed by atoms with Gasteiger partial charge in [-0.15, -0.1) is 10.2 Å². The SMILES string of the molecule is C[C@H]1CCCN(Cc2cc3c(c(C(F)(F)F)c2)CN(c2ccccc2)C3=O)C1.Cn1cnnc1CC1CC(C#N)C1. The maximum Gasteiger partial charge on any atom is 0.416 e. The summed E-state index contributed by atoms with van der Waals surface area (Å²) in [5.74, 6) is 2.15. The molecule has 2 aromatic carbocycles. The van der Waals surface area contributed by atoms with Gasteiger partial charge in [0.05, 0.1) is 18.2 Å². The highest BCUT2D eigenvalue weighted by atomic mass is 19.4. The second kappa shape index (κ2) is 12.0. The molecule has 2 aliphatic heterocycles. The number of fused-ring (bicyclic) bond motifs is 1. The lowest BCUT2D eigenvalue weighted by Gasteiger charge is -2.31. The molecule has 3 heterocycles. The molecule has 0 unspecified atom stereocenters. The number of aryl methyl sites for hydroxylation is 1. The van der Waals surface area contributed by atoms with Crippen molar-refractivity contribution in [3.8, 4) is 6.07 Å². The van der Waals surface area contributed by atoms with Crippen LogP contribution in [0.3, 0.4) is 0 Å². The van der Waals surface area contributed by atoms with Crippen LogP contribution in [0.15, 0.2) is 48.8 Å². The van der Waals surface area contributed by atoms with Gasteiger partial charge >= 0.3 is 6.18 Å². The summed E-state index contributed by atoms with van der Waals surface area (Å²) in [5, 5.41) is 16.4. The van der Waals surface area contributed by atoms with Crippen molar-refractivity contribution in [1.29, 1.82) is 5.26 Å². The third kappa shape index (κ3) is 6.62. The van der Waals surface area contributed by atoms with Crippen LogP contribution >= 0.6 is 0 Å². The van der Waals surface area contributed by atoms with Crippen LogP contribution < -0.4 is 4.90 Å². The van der Waals surface area contributed by atoms with Crippen molar-refractivity contribution in [2.24, 2.45) is 24.8 Å². The topological polar surface area (TPSA) is 78.1 Å². The number of carbonyl (C=O) groups excluding carboxylic acids is 1. The van der Waals surface area contributed by atoms with E-state index in [0.29, 0.717) is 35.5 Å². The highest BCUT2D eigenvalue weighted by molar-refractivity contribution is 6.10. The number of rotatable bonds is 5. The fourth-order valence-electron chi connectivity index (χ4n) is 6.08. The number of aromatic nitrogens is 3. The van der Waals surface area contributed by atoms with E-state index in [1.165, 1.54) is 11.0 Å². The zero-order valence-corrected chi connectivity index (χ0v) is 23.4. The molecule has 1 atom stereocenters. The summed E-state index contributed by atoms with van der Waals surface area (Å²) < 4.78 is 43.3. The predicted octanol–water partition coefficient (Wildman–Crippen LogP) is 6.01. The molecule has 1 aromatic heterocycles. The zero-order valence-electron chi connectivity index (χ0n) is 23.4. The number of amides is 1. The number of anilines is 1. The molecule has 0 bridgehead atoms. The Morgan fingerprint density at radius 2 is 1.90 bits per heavy atom. The fraction of sp³-hybridized carbons (Fsp3) is 0.484. The highest BCUT2D eigenvalue weighted by Crippen LogP contribution is 2.40. The molecule has 0 N–H and O–H groups in total. The lowest BCUT2D eigenvalue weighted by molar-refractivity contribution is -0.138. The van der Waals surface area contributed by atoms with Gasteiger partial charge in [-0.1, -0.05) is 25.1 Å². The van der Waals surface area contributed by atoms with Crippen LogP contribution in [0.4, 0.5) is 18.9 Å². The average Bonchev–Trinajstić information content (AvgIpc) is 3.48. The first-order chi connectivity index (χ1) is 19.6. The van der Waals surface area contributed by atoms with Gasteiger partial charge in [0, 0.05) is 43.7 Å². The highest BCUT2D eigenvalue weighted by Gasteiger charge is 2.40. The van der Waals surface area contributed by atoms with Crippen molar-refractivity contribution in [2.45, 2.75) is 58.3 Å². The zero-order chi connectivity index (χ0) is 29.1. The molecular formula is C31H35F3N6O. The van der Waals surface area contributed by atoms with E-state index in [4.69, 9.17) is 5.26 Å². The first-order valence-corrected chi connectivity index (χ1v) is 14.2. The summed E-state index contributed by atoms with van der Waals surface area (Å²) in [4.78, 5) is 16.5. The molecular weight excluding hydrogens is 529 g/mol. The van der Waals surface area contributed by atoms with Crippen molar-refractivity contribution in [2.75, 3.05) is 18.0 Å². The molecule has 1 saturated carbocycles. The van der Waals surface area contributed by atoms with E-state index in [0.717, 1.165) is 51.0 Å². The summed E-state index contributed by atoms with van der Waals surface area (Å²) in [6.45, 7) is 4.32. The number of likely N-dealkylation sites (tertiary alicyclic amines) is 1. The summed E-state index contributed by atoms with van der Waals surface area (Å²) in [6, 6.07) is 14.0. The van der Waals surface area contributed by atoms with E-state index in [2.05, 4.69) is 28.1 Å². The summed E-state index contributed by atoms with van der Waals surface area (Å²) in [7, 11) is 1.95. The second-order valence-electron chi connectivity index (χ2n) is 11.6. The van der Waals surface area contributed by atoms with Gasteiger partial charge in [-0.2, -0.15) is 18.4 Å². The van der Waals surface area contributed by atoms with Crippen LogP contribution in [0.2, 0.25) is 0 Å². The quantitative estimate of drug-likeness (QED) is 0.380. The molecule has 1 amide bonds. The number of halogens is 3. The fourth-order valence-corrected chi connectivity index (χ4v) is 6.08. The molecule has 41 heavy (non-hydrogen) atoms. The van der Waals surface area contributed by atoms with Gasteiger partial charge in [-0.05, 0) is 79.5 Å². The smallest absolute Gasteiger partial charge is 0.321 e. The standard InChI is InChI=1S/C22H23F3N2O.C9H12N4/c1-15-6-5-9-26(12-15)13-16-10-18-19(20(11-16)22(23,24)25)14-27(21(18)28)17-7-3-2-4-8-17;1-13-6-11-12-9(13)4-7-2-8(3-7)5-10/h2-4,7-8,10-11,15H,5-6,9,12-14H2,1H3;6-8H,2-4H2,1H3/t15-;/m0./s1. The monoisotopic (exact) mass is 564 g/mol. The number of para-hydroxylation sites is 1. The summed E-state index contributed by atoms with van der Waals surface area (Å²) >= 11 is 0. The molecule has 10 heteroatoms. The van der Waals surface area contributed by atoms with Crippen molar-refractivity contribution in [1.82, 2.24) is 19.7 Å². The van der Waals surface area contributed by atoms with Crippen LogP contribution in [0.1, 0.15) is 65.5 Å². The van der Waals surface area contributed by atoms with Crippen LogP contribution in [-0.4, -0.2) is 38.7 Å². The second-order valence-corrected chi connectivity index (χ2v) is 11.6. The largest absolute Gasteiger partial charge is 0.416 e. The number of nitriles is 1. The Morgan fingerprint density at radius 1 is 1.15 bits per heavy atom. The molecule has 1 aliphatic carbocycles. The number of carbonyl (C=O) groups is 1. The lowest BCUT2D eigenvalue weighted by atomic mass is 9.74. The average molecular weight is 565 g/mol. The van der Waals surface area contributed by atoms with E-state index in [-0.39, 0.29) is 23.6 Å². The van der Waals surface area contributed by atoms with Crippen molar-refractivity contribution < 1.29 is 18.0 Å². The maximum absolute atomic E-state index is 13.8. The van der Waals surface area contributed by atoms with Crippen molar-refractivity contribution in [3.63, 3.8) is 0 Å². The van der Waals surface area contributed by atoms with E-state index >= 15 is 0 Å². The number of nitrogens with zero attached hydrogens (tertiary/aromatic N) is 6. The van der Waals surface area contributed by atoms with Gasteiger partial charge in [0.2, 0.25) is 0 Å². The van der Waals surface area contributed by atoms with Crippen LogP contribution in [0.25, 0.3) is 0 Å². The molecule has 3 aromatic rings. The van der Waals surface area contributed by atoms with Gasteiger partial charge in [-0.3, -0.25) is 9.69 Å². The van der Waals surface area contributed by atoms with E-state index in [1.807, 2.05) is 17.7 Å². The number of alkyl halides is 3. The Labute approximate surface area is 238 Å². The van der Waals surface area contributed by atoms with Gasteiger partial charge in [0.15, 0.2) is 0 Å². The normalized spacial score (nSPS) is 22.4. The third-order valence-electron chi connectivity index (χ3n) is 8.32. The van der Waals surface area contributed by atoms with Crippen LogP contribution in [0, 0.1) is 29.1 Å². The first kappa shape index (κ1) is 28.8. The molecule has 216 valence electrons. The maximum atomic E-state index is 13.8. The van der Waals surface area contributed by atoms with Crippen LogP contribution in [0.5, 0.6) is 0 Å². The minimum atomic E-state index is -4.48. The Kier molecular flexibility index (Phi) is 8.45. The Bertz CT molecular complexity index is 1410. The number of hydrogen-bond acceptors (Lipinski definition) is 5. The van der Waals surface area contributed by atoms with Crippen molar-refractivity contribution >= 4 is 11.6 Å². The van der Waals surface area contributed by atoms with Gasteiger partial charge < -0.3 is 9.47 Å². The first-order valence-electron chi connectivity index (χ1n) is 14.2. The minimum Gasteiger partial charge on any atom is -0.321 e. The van der Waals surface area contributed by atoms with E-state index in [9.17, 15) is 18.0 Å². The van der Waals surface area contributed by atoms with Gasteiger partial charge in [0.25, 0.3) is 5.91 Å². The number of benzene rings is 2. The molecule has 6 rings (SSSR count). The minimum absolute atomic E-state index is 0.0476. The van der Waals surface area contributed by atoms with Crippen LogP contribution in [-0.2, 0) is 32.7 Å². The molecule has 7 nitrogen and oxygen atoms in total. The molecule has 0 radical (unpaired) electrons. The molecule has 0 spiro atoms. The van der Waals surface area contributed by atoms with Gasteiger partial charge in [0.1, 0.15) is 12.2 Å². The Balaban J connectivity index is 0.000000216. The van der Waals surface area contributed by atoms with E-state index in [1.54, 1.807) is 36.7 Å². The van der Waals surface area contributed by atoms with Crippen molar-refractivity contribution in [3.05, 3.63) is 76.9 Å². The molecule has 3 aliphatic rings. The van der Waals surface area contributed by atoms with E-state index < -0.39 is 11.7 Å². The Morgan fingerprint density at radius 3 is 2.54 bits per heavy atom. The molecule has 1 saturated heterocycles.